The highest BCUT2D eigenvalue weighted by Gasteiger charge is 2.35. The predicted octanol–water partition coefficient (Wildman–Crippen LogP) is 2.84. The van der Waals surface area contributed by atoms with Crippen molar-refractivity contribution >= 4 is 10.0 Å². The first-order valence-electron chi connectivity index (χ1n) is 10.2. The molecule has 0 bridgehead atoms. The number of sulfonamides is 1. The zero-order chi connectivity index (χ0) is 23.8. The third-order valence-electron chi connectivity index (χ3n) is 5.78. The van der Waals surface area contributed by atoms with Crippen LogP contribution in [0.1, 0.15) is 17.2 Å². The molecule has 7 nitrogen and oxygen atoms in total. The van der Waals surface area contributed by atoms with E-state index in [0.717, 1.165) is 24.7 Å². The van der Waals surface area contributed by atoms with Gasteiger partial charge in [0, 0.05) is 38.8 Å². The van der Waals surface area contributed by atoms with Crippen molar-refractivity contribution in [1.82, 2.24) is 14.5 Å². The van der Waals surface area contributed by atoms with Crippen LogP contribution in [0.15, 0.2) is 41.3 Å². The van der Waals surface area contributed by atoms with Crippen molar-refractivity contribution < 1.29 is 35.5 Å². The van der Waals surface area contributed by atoms with Crippen LogP contribution in [0.4, 0.5) is 17.6 Å². The van der Waals surface area contributed by atoms with Gasteiger partial charge in [-0.25, -0.2) is 17.5 Å². The van der Waals surface area contributed by atoms with Crippen LogP contribution in [-0.2, 0) is 16.2 Å². The fraction of sp³-hybridized carbons (Fsp3) is 0.429. The van der Waals surface area contributed by atoms with E-state index in [2.05, 4.69) is 14.5 Å². The average Bonchev–Trinajstić information content (AvgIpc) is 3.22. The molecule has 0 spiro atoms. The second-order valence-corrected chi connectivity index (χ2v) is 9.73. The van der Waals surface area contributed by atoms with Crippen LogP contribution in [0, 0.1) is 5.82 Å². The molecular formula is C21H23F4N3O4S. The summed E-state index contributed by atoms with van der Waals surface area (Å²) in [4.78, 5) is 3.60. The normalized spacial score (nSPS) is 18.5. The van der Waals surface area contributed by atoms with Crippen LogP contribution in [0.2, 0.25) is 0 Å². The van der Waals surface area contributed by atoms with Gasteiger partial charge in [0.05, 0.1) is 10.5 Å². The summed E-state index contributed by atoms with van der Waals surface area (Å²) in [6, 6.07) is 6.56. The molecule has 0 aromatic heterocycles. The van der Waals surface area contributed by atoms with Gasteiger partial charge in [-0.05, 0) is 42.9 Å². The average molecular weight is 489 g/mol. The van der Waals surface area contributed by atoms with Crippen LogP contribution in [0.25, 0.3) is 0 Å². The van der Waals surface area contributed by atoms with E-state index in [1.807, 2.05) is 13.1 Å². The lowest BCUT2D eigenvalue weighted by molar-refractivity contribution is -0.140. The summed E-state index contributed by atoms with van der Waals surface area (Å²) in [7, 11) is -2.35. The largest absolute Gasteiger partial charge is 0.454 e. The Kier molecular flexibility index (Phi) is 6.54. The third kappa shape index (κ3) is 5.24. The molecule has 2 aliphatic heterocycles. The van der Waals surface area contributed by atoms with Gasteiger partial charge in [0.15, 0.2) is 11.5 Å². The molecule has 180 valence electrons. The van der Waals surface area contributed by atoms with Crippen molar-refractivity contribution in [3.8, 4) is 11.5 Å². The Labute approximate surface area is 188 Å². The van der Waals surface area contributed by atoms with Crippen LogP contribution < -0.4 is 14.2 Å². The smallest absolute Gasteiger partial charge is 0.419 e. The van der Waals surface area contributed by atoms with Crippen LogP contribution in [0.5, 0.6) is 11.5 Å². The van der Waals surface area contributed by atoms with Gasteiger partial charge in [-0.2, -0.15) is 13.2 Å². The maximum atomic E-state index is 13.6. The zero-order valence-corrected chi connectivity index (χ0v) is 18.5. The topological polar surface area (TPSA) is 71.1 Å². The van der Waals surface area contributed by atoms with Crippen molar-refractivity contribution in [2.24, 2.45) is 0 Å². The zero-order valence-electron chi connectivity index (χ0n) is 17.7. The number of ether oxygens (including phenoxy) is 2. The monoisotopic (exact) mass is 489 g/mol. The Morgan fingerprint density at radius 3 is 2.42 bits per heavy atom. The lowest BCUT2D eigenvalue weighted by Crippen LogP contribution is -2.48. The van der Waals surface area contributed by atoms with Gasteiger partial charge in [-0.3, -0.25) is 4.90 Å². The number of piperazine rings is 1. The highest BCUT2D eigenvalue weighted by molar-refractivity contribution is 7.89. The van der Waals surface area contributed by atoms with Gasteiger partial charge >= 0.3 is 6.18 Å². The fourth-order valence-electron chi connectivity index (χ4n) is 3.87. The van der Waals surface area contributed by atoms with E-state index in [1.54, 1.807) is 12.1 Å². The molecule has 2 aromatic rings. The summed E-state index contributed by atoms with van der Waals surface area (Å²) in [6.45, 7) is 2.90. The molecule has 12 heteroatoms. The third-order valence-corrected chi connectivity index (χ3v) is 7.20. The number of fused-ring (bicyclic) bond motifs is 1. The predicted molar refractivity (Wildman–Crippen MR) is 111 cm³/mol. The van der Waals surface area contributed by atoms with E-state index >= 15 is 0 Å². The number of rotatable bonds is 6. The van der Waals surface area contributed by atoms with E-state index in [9.17, 15) is 26.0 Å². The Hall–Kier alpha value is -2.41. The number of hydrogen-bond acceptors (Lipinski definition) is 6. The minimum Gasteiger partial charge on any atom is -0.454 e. The molecule has 1 saturated heterocycles. The Balaban J connectivity index is 1.59. The van der Waals surface area contributed by atoms with Gasteiger partial charge in [-0.1, -0.05) is 6.07 Å². The van der Waals surface area contributed by atoms with Crippen molar-refractivity contribution in [3.63, 3.8) is 0 Å². The maximum absolute atomic E-state index is 13.6. The Morgan fingerprint density at radius 2 is 1.73 bits per heavy atom. The molecule has 4 rings (SSSR count). The maximum Gasteiger partial charge on any atom is 0.419 e. The van der Waals surface area contributed by atoms with E-state index in [1.165, 1.54) is 0 Å². The van der Waals surface area contributed by atoms with Gasteiger partial charge in [0.2, 0.25) is 16.8 Å². The van der Waals surface area contributed by atoms with Crippen molar-refractivity contribution in [1.29, 1.82) is 0 Å². The summed E-state index contributed by atoms with van der Waals surface area (Å²) in [5, 5.41) is 0. The van der Waals surface area contributed by atoms with E-state index in [-0.39, 0.29) is 13.3 Å². The number of likely N-dealkylation sites (N-methyl/N-ethyl adjacent to an activating group) is 1. The van der Waals surface area contributed by atoms with Gasteiger partial charge in [0.25, 0.3) is 0 Å². The number of hydrogen-bond donors (Lipinski definition) is 1. The summed E-state index contributed by atoms with van der Waals surface area (Å²) in [5.74, 6) is -0.401. The van der Waals surface area contributed by atoms with Gasteiger partial charge in [-0.15, -0.1) is 0 Å². The highest BCUT2D eigenvalue weighted by Crippen LogP contribution is 2.36. The highest BCUT2D eigenvalue weighted by atomic mass is 32.2. The van der Waals surface area contributed by atoms with E-state index in [0.29, 0.717) is 36.7 Å². The molecule has 0 saturated carbocycles. The van der Waals surface area contributed by atoms with Gasteiger partial charge in [0.1, 0.15) is 5.82 Å². The molecule has 2 heterocycles. The first-order valence-corrected chi connectivity index (χ1v) is 11.7. The SMILES string of the molecule is CN1CCN([C@@H](CNS(=O)(=O)c2ccc(F)c(C(F)(F)F)c2)c2ccc3c(c2)OCO3)CC1. The lowest BCUT2D eigenvalue weighted by atomic mass is 10.0. The minimum absolute atomic E-state index is 0.0928. The summed E-state index contributed by atoms with van der Waals surface area (Å²) in [5.41, 5.74) is -0.849. The number of nitrogens with one attached hydrogen (secondary N) is 1. The first kappa shape index (κ1) is 23.7. The number of alkyl halides is 3. The molecule has 1 atom stereocenters. The second kappa shape index (κ2) is 9.09. The van der Waals surface area contributed by atoms with Crippen molar-refractivity contribution in [2.75, 3.05) is 46.6 Å². The molecule has 2 aliphatic rings. The van der Waals surface area contributed by atoms with Crippen LogP contribution in [0.3, 0.4) is 0 Å². The molecular weight excluding hydrogens is 466 g/mol. The fourth-order valence-corrected chi connectivity index (χ4v) is 4.94. The second-order valence-electron chi connectivity index (χ2n) is 7.96. The molecule has 0 unspecified atom stereocenters. The molecule has 1 N–H and O–H groups in total. The first-order chi connectivity index (χ1) is 15.5. The summed E-state index contributed by atoms with van der Waals surface area (Å²) in [6.07, 6.45) is -5.01. The summed E-state index contributed by atoms with van der Waals surface area (Å²) >= 11 is 0. The number of benzene rings is 2. The minimum atomic E-state index is -5.01. The molecule has 0 amide bonds. The molecule has 0 radical (unpaired) electrons. The van der Waals surface area contributed by atoms with Crippen molar-refractivity contribution in [2.45, 2.75) is 17.1 Å². The van der Waals surface area contributed by atoms with Crippen LogP contribution >= 0.6 is 0 Å². The van der Waals surface area contributed by atoms with E-state index < -0.39 is 38.5 Å². The Morgan fingerprint density at radius 1 is 1.03 bits per heavy atom. The number of nitrogens with zero attached hydrogens (tertiary/aromatic N) is 2. The van der Waals surface area contributed by atoms with E-state index in [4.69, 9.17) is 9.47 Å². The molecule has 33 heavy (non-hydrogen) atoms. The standard InChI is InChI=1S/C21H23F4N3O4S/c1-27-6-8-28(9-7-27)18(14-2-5-19-20(10-14)32-13-31-19)12-26-33(29,30)15-3-4-17(22)16(11-15)21(23,24)25/h2-5,10-11,18,26H,6-9,12-13H2,1H3/t18-/m0/s1. The molecule has 2 aromatic carbocycles. The molecule has 0 aliphatic carbocycles. The quantitative estimate of drug-likeness (QED) is 0.630. The lowest BCUT2D eigenvalue weighted by Gasteiger charge is -2.38. The summed E-state index contributed by atoms with van der Waals surface area (Å²) < 4.78 is 91.5. The molecule has 1 fully saturated rings. The van der Waals surface area contributed by atoms with Crippen LogP contribution in [-0.4, -0.2) is 64.8 Å². The van der Waals surface area contributed by atoms with Gasteiger partial charge < -0.3 is 14.4 Å². The van der Waals surface area contributed by atoms with Crippen molar-refractivity contribution in [3.05, 3.63) is 53.3 Å². The number of halogens is 4. The Bertz CT molecular complexity index is 1120.